The lowest BCUT2D eigenvalue weighted by atomic mass is 11.0. The highest BCUT2D eigenvalue weighted by Crippen LogP contribution is 2.14. The van der Waals surface area contributed by atoms with Gasteiger partial charge in [-0.05, 0) is 0 Å². The molecule has 0 saturated heterocycles. The summed E-state index contributed by atoms with van der Waals surface area (Å²) in [6, 6.07) is 0. The first-order valence-electron chi connectivity index (χ1n) is 1.91. The Morgan fingerprint density at radius 3 is 1.29 bits per heavy atom. The molecule has 0 unspecified atom stereocenters. The SMILES string of the molecule is C[N+](C)(C)P(=O)=O. The van der Waals surface area contributed by atoms with Crippen molar-refractivity contribution in [1.82, 2.24) is 0 Å². The van der Waals surface area contributed by atoms with Crippen LogP contribution in [0.4, 0.5) is 0 Å². The first-order valence-corrected chi connectivity index (χ1v) is 3.04. The van der Waals surface area contributed by atoms with Crippen LogP contribution in [0.5, 0.6) is 0 Å². The zero-order valence-electron chi connectivity index (χ0n) is 4.71. The van der Waals surface area contributed by atoms with Gasteiger partial charge in [0.25, 0.3) is 0 Å². The third-order valence-corrected chi connectivity index (χ3v) is 1.47. The second kappa shape index (κ2) is 1.76. The van der Waals surface area contributed by atoms with Gasteiger partial charge >= 0.3 is 7.83 Å². The molecule has 0 aliphatic carbocycles. The molecule has 0 atom stereocenters. The van der Waals surface area contributed by atoms with Crippen LogP contribution in [-0.2, 0) is 9.13 Å². The fourth-order valence-corrected chi connectivity index (χ4v) is 0. The number of nitrogens with zero attached hydrogens (tertiary/aromatic N) is 1. The highest BCUT2D eigenvalue weighted by molar-refractivity contribution is 7.23. The van der Waals surface area contributed by atoms with Crippen LogP contribution in [0.25, 0.3) is 0 Å². The lowest BCUT2D eigenvalue weighted by Gasteiger charge is -2.09. The van der Waals surface area contributed by atoms with Crippen molar-refractivity contribution in [2.45, 2.75) is 0 Å². The summed E-state index contributed by atoms with van der Waals surface area (Å²) in [6.45, 7) is 0. The van der Waals surface area contributed by atoms with E-state index in [1.54, 1.807) is 21.1 Å². The van der Waals surface area contributed by atoms with Crippen LogP contribution in [0.3, 0.4) is 0 Å². The van der Waals surface area contributed by atoms with Gasteiger partial charge in [-0.2, -0.15) is 9.13 Å². The average molecular weight is 122 g/mol. The molecule has 0 heterocycles. The highest BCUT2D eigenvalue weighted by Gasteiger charge is 2.12. The number of rotatable bonds is 1. The van der Waals surface area contributed by atoms with Crippen LogP contribution < -0.4 is 0 Å². The smallest absolute Gasteiger partial charge is 0.227 e. The topological polar surface area (TPSA) is 34.1 Å². The van der Waals surface area contributed by atoms with Gasteiger partial charge in [-0.1, -0.05) is 0 Å². The molecular formula is C3H9NO2P+. The van der Waals surface area contributed by atoms with Gasteiger partial charge in [-0.25, -0.2) is 4.25 Å². The third-order valence-electron chi connectivity index (χ3n) is 0.490. The van der Waals surface area contributed by atoms with Crippen molar-refractivity contribution in [1.29, 1.82) is 0 Å². The van der Waals surface area contributed by atoms with Gasteiger partial charge in [-0.15, -0.1) is 0 Å². The molecule has 0 fully saturated rings. The van der Waals surface area contributed by atoms with E-state index in [9.17, 15) is 9.13 Å². The van der Waals surface area contributed by atoms with E-state index in [0.717, 1.165) is 0 Å². The van der Waals surface area contributed by atoms with E-state index in [-0.39, 0.29) is 4.25 Å². The Morgan fingerprint density at radius 2 is 1.29 bits per heavy atom. The molecule has 0 rings (SSSR count). The molecule has 4 heteroatoms. The van der Waals surface area contributed by atoms with Crippen molar-refractivity contribution in [3.63, 3.8) is 0 Å². The van der Waals surface area contributed by atoms with Gasteiger partial charge in [0.1, 0.15) is 0 Å². The van der Waals surface area contributed by atoms with E-state index in [1.165, 1.54) is 0 Å². The van der Waals surface area contributed by atoms with E-state index in [1.807, 2.05) is 0 Å². The van der Waals surface area contributed by atoms with Crippen LogP contribution in [0, 0.1) is 0 Å². The molecular weight excluding hydrogens is 113 g/mol. The average Bonchev–Trinajstić information content (AvgIpc) is 1.31. The summed E-state index contributed by atoms with van der Waals surface area (Å²) in [4.78, 5) is 0. The first-order chi connectivity index (χ1) is 2.94. The monoisotopic (exact) mass is 122 g/mol. The normalized spacial score (nSPS) is 11.3. The first kappa shape index (κ1) is 6.86. The van der Waals surface area contributed by atoms with E-state index < -0.39 is 7.83 Å². The molecule has 3 nitrogen and oxygen atoms in total. The Morgan fingerprint density at radius 1 is 1.14 bits per heavy atom. The summed E-state index contributed by atoms with van der Waals surface area (Å²) >= 11 is 0. The maximum absolute atomic E-state index is 10.0. The molecule has 0 spiro atoms. The molecule has 0 aromatic carbocycles. The number of hydrogen-bond donors (Lipinski definition) is 0. The van der Waals surface area contributed by atoms with Crippen molar-refractivity contribution >= 4 is 7.83 Å². The molecule has 0 aromatic heterocycles. The summed E-state index contributed by atoms with van der Waals surface area (Å²) in [5.41, 5.74) is 0. The zero-order chi connectivity index (χ0) is 6.08. The maximum atomic E-state index is 10.0. The van der Waals surface area contributed by atoms with Crippen molar-refractivity contribution in [3.8, 4) is 0 Å². The molecule has 0 radical (unpaired) electrons. The summed E-state index contributed by atoms with van der Waals surface area (Å²) in [6.07, 6.45) is 0. The van der Waals surface area contributed by atoms with E-state index in [2.05, 4.69) is 0 Å². The molecule has 0 aliphatic rings. The Bertz CT molecular complexity index is 113. The fraction of sp³-hybridized carbons (Fsp3) is 1.00. The van der Waals surface area contributed by atoms with E-state index >= 15 is 0 Å². The summed E-state index contributed by atoms with van der Waals surface area (Å²) < 4.78 is 20.1. The van der Waals surface area contributed by atoms with Gasteiger partial charge in [0.05, 0.1) is 21.1 Å². The lowest BCUT2D eigenvalue weighted by molar-refractivity contribution is -0.741. The van der Waals surface area contributed by atoms with Crippen LogP contribution in [-0.4, -0.2) is 25.4 Å². The van der Waals surface area contributed by atoms with Gasteiger partial charge in [0, 0.05) is 0 Å². The fourth-order valence-electron chi connectivity index (χ4n) is 0. The van der Waals surface area contributed by atoms with Crippen LogP contribution in [0.15, 0.2) is 0 Å². The second-order valence-corrected chi connectivity index (χ2v) is 3.86. The van der Waals surface area contributed by atoms with Crippen LogP contribution >= 0.6 is 7.83 Å². The quantitative estimate of drug-likeness (QED) is 0.481. The molecule has 0 aromatic rings. The summed E-state index contributed by atoms with van der Waals surface area (Å²) in [5, 5.41) is 0. The molecule has 0 amide bonds. The number of quaternary nitrogens is 1. The minimum Gasteiger partial charge on any atom is -0.227 e. The van der Waals surface area contributed by atoms with Crippen molar-refractivity contribution in [2.75, 3.05) is 21.1 Å². The molecule has 0 aliphatic heterocycles. The van der Waals surface area contributed by atoms with Crippen LogP contribution in [0.2, 0.25) is 0 Å². The van der Waals surface area contributed by atoms with Gasteiger partial charge in [-0.3, -0.25) is 0 Å². The molecule has 42 valence electrons. The lowest BCUT2D eigenvalue weighted by Crippen LogP contribution is -2.21. The second-order valence-electron chi connectivity index (χ2n) is 2.18. The van der Waals surface area contributed by atoms with Gasteiger partial charge < -0.3 is 0 Å². The Kier molecular flexibility index (Phi) is 1.73. The zero-order valence-corrected chi connectivity index (χ0v) is 5.61. The van der Waals surface area contributed by atoms with Crippen LogP contribution in [0.1, 0.15) is 0 Å². The van der Waals surface area contributed by atoms with E-state index in [4.69, 9.17) is 0 Å². The minimum absolute atomic E-state index is 0.00926. The van der Waals surface area contributed by atoms with Gasteiger partial charge in [0.15, 0.2) is 0 Å². The minimum atomic E-state index is -2.30. The Balaban J connectivity index is 4.08. The standard InChI is InChI=1S/C3H9NO2P/c1-4(2,3)7(5)6/h1-3H3/q+1. The highest BCUT2D eigenvalue weighted by atomic mass is 31.1. The largest absolute Gasteiger partial charge is 0.540 e. The predicted octanol–water partition coefficient (Wildman–Crippen LogP) is 0.780. The van der Waals surface area contributed by atoms with Crippen molar-refractivity contribution < 1.29 is 13.4 Å². The molecule has 0 bridgehead atoms. The Labute approximate surface area is 43.4 Å². The third kappa shape index (κ3) is 2.54. The number of hydrogen-bond acceptors (Lipinski definition) is 2. The molecule has 0 saturated carbocycles. The Hall–Kier alpha value is -0.140. The summed E-state index contributed by atoms with van der Waals surface area (Å²) in [7, 11) is 2.50. The van der Waals surface area contributed by atoms with Crippen molar-refractivity contribution in [2.24, 2.45) is 0 Å². The predicted molar refractivity (Wildman–Crippen MR) is 26.3 cm³/mol. The van der Waals surface area contributed by atoms with Gasteiger partial charge in [0.2, 0.25) is 0 Å². The van der Waals surface area contributed by atoms with E-state index in [0.29, 0.717) is 0 Å². The van der Waals surface area contributed by atoms with Crippen molar-refractivity contribution in [3.05, 3.63) is 0 Å². The molecule has 0 N–H and O–H groups in total. The summed E-state index contributed by atoms with van der Waals surface area (Å²) in [5.74, 6) is 0. The maximum Gasteiger partial charge on any atom is 0.540 e. The molecule has 7 heavy (non-hydrogen) atoms.